The lowest BCUT2D eigenvalue weighted by atomic mass is 9.98. The molecule has 0 saturated carbocycles. The summed E-state index contributed by atoms with van der Waals surface area (Å²) in [5.74, 6) is -1.24. The van der Waals surface area contributed by atoms with Crippen LogP contribution >= 0.6 is 0 Å². The number of nitrogens with zero attached hydrogens (tertiary/aromatic N) is 1. The number of carbonyl (C=O) groups excluding carboxylic acids is 1. The Bertz CT molecular complexity index is 522. The molecule has 0 aliphatic heterocycles. The number of aromatic nitrogens is 1. The lowest BCUT2D eigenvalue weighted by molar-refractivity contribution is -0.131. The Morgan fingerprint density at radius 2 is 2.10 bits per heavy atom. The number of pyridine rings is 1. The molecule has 1 heterocycles. The lowest BCUT2D eigenvalue weighted by Crippen LogP contribution is -2.43. The lowest BCUT2D eigenvalue weighted by Gasteiger charge is -2.25. The molecule has 0 aliphatic rings. The summed E-state index contributed by atoms with van der Waals surface area (Å²) < 4.78 is 0. The number of hydrogen-bond acceptors (Lipinski definition) is 3. The molecule has 0 unspecified atom stereocenters. The molecule has 20 heavy (non-hydrogen) atoms. The number of amides is 1. The molecule has 1 aromatic heterocycles. The van der Waals surface area contributed by atoms with Crippen LogP contribution in [0.1, 0.15) is 49.5 Å². The summed E-state index contributed by atoms with van der Waals surface area (Å²) >= 11 is 0. The molecule has 5 heteroatoms. The number of nitrogens with one attached hydrogen (secondary N) is 1. The minimum Gasteiger partial charge on any atom is -0.478 e. The van der Waals surface area contributed by atoms with E-state index in [-0.39, 0.29) is 11.4 Å². The molecule has 0 bridgehead atoms. The summed E-state index contributed by atoms with van der Waals surface area (Å²) in [6.45, 7) is 6.00. The van der Waals surface area contributed by atoms with Gasteiger partial charge in [0.05, 0.1) is 5.56 Å². The van der Waals surface area contributed by atoms with Crippen molar-refractivity contribution in [3.8, 4) is 0 Å². The average Bonchev–Trinajstić information content (AvgIpc) is 2.36. The van der Waals surface area contributed by atoms with Crippen LogP contribution in [0.3, 0.4) is 0 Å². The molecule has 0 aromatic carbocycles. The highest BCUT2D eigenvalue weighted by Gasteiger charge is 2.20. The predicted molar refractivity (Wildman–Crippen MR) is 77.4 cm³/mol. The first-order chi connectivity index (χ1) is 9.34. The Balaban J connectivity index is 2.84. The van der Waals surface area contributed by atoms with Gasteiger partial charge in [0.1, 0.15) is 0 Å². The van der Waals surface area contributed by atoms with E-state index >= 15 is 0 Å². The van der Waals surface area contributed by atoms with Crippen LogP contribution in [0.25, 0.3) is 6.08 Å². The Morgan fingerprint density at radius 1 is 1.40 bits per heavy atom. The van der Waals surface area contributed by atoms with Crippen LogP contribution < -0.4 is 5.32 Å². The van der Waals surface area contributed by atoms with Gasteiger partial charge in [-0.2, -0.15) is 0 Å². The molecule has 0 aliphatic carbocycles. The first-order valence-electron chi connectivity index (χ1n) is 6.52. The summed E-state index contributed by atoms with van der Waals surface area (Å²) in [5, 5.41) is 11.5. The predicted octanol–water partition coefficient (Wildman–Crippen LogP) is 2.49. The van der Waals surface area contributed by atoms with E-state index in [9.17, 15) is 9.59 Å². The van der Waals surface area contributed by atoms with E-state index in [4.69, 9.17) is 5.11 Å². The van der Waals surface area contributed by atoms with Crippen LogP contribution in [0.2, 0.25) is 0 Å². The molecule has 0 saturated heterocycles. The zero-order chi connectivity index (χ0) is 15.2. The number of carboxylic acids is 1. The third-order valence-electron chi connectivity index (χ3n) is 2.77. The van der Waals surface area contributed by atoms with E-state index in [2.05, 4.69) is 17.2 Å². The average molecular weight is 276 g/mol. The van der Waals surface area contributed by atoms with Crippen molar-refractivity contribution in [2.75, 3.05) is 0 Å². The number of rotatable bonds is 6. The van der Waals surface area contributed by atoms with E-state index in [1.165, 1.54) is 18.5 Å². The second-order valence-electron chi connectivity index (χ2n) is 5.27. The zero-order valence-electron chi connectivity index (χ0n) is 12.0. The zero-order valence-corrected chi connectivity index (χ0v) is 12.0. The highest BCUT2D eigenvalue weighted by atomic mass is 16.4. The minimum absolute atomic E-state index is 0.207. The second kappa shape index (κ2) is 6.84. The number of hydrogen-bond donors (Lipinski definition) is 2. The van der Waals surface area contributed by atoms with Crippen molar-refractivity contribution < 1.29 is 14.7 Å². The fourth-order valence-corrected chi connectivity index (χ4v) is 1.91. The first kappa shape index (κ1) is 15.9. The van der Waals surface area contributed by atoms with Crippen molar-refractivity contribution in [2.45, 2.75) is 39.2 Å². The third kappa shape index (κ3) is 5.22. The van der Waals surface area contributed by atoms with Crippen LogP contribution in [0.15, 0.2) is 24.5 Å². The van der Waals surface area contributed by atoms with Crippen LogP contribution in [0.5, 0.6) is 0 Å². The first-order valence-corrected chi connectivity index (χ1v) is 6.52. The van der Waals surface area contributed by atoms with Crippen LogP contribution in [-0.2, 0) is 4.79 Å². The summed E-state index contributed by atoms with van der Waals surface area (Å²) in [6, 6.07) is 1.61. The number of carboxylic acid groups (broad SMARTS) is 1. The van der Waals surface area contributed by atoms with E-state index in [1.807, 2.05) is 13.8 Å². The van der Waals surface area contributed by atoms with Gasteiger partial charge in [-0.25, -0.2) is 4.79 Å². The van der Waals surface area contributed by atoms with E-state index in [1.54, 1.807) is 6.07 Å². The largest absolute Gasteiger partial charge is 0.478 e. The molecular formula is C15H20N2O3. The SMILES string of the molecule is CCCC(C)(C)NC(=O)c1cncc(/C=C/C(=O)O)c1. The van der Waals surface area contributed by atoms with Crippen LogP contribution in [-0.4, -0.2) is 27.5 Å². The molecule has 5 nitrogen and oxygen atoms in total. The van der Waals surface area contributed by atoms with Crippen molar-refractivity contribution in [3.05, 3.63) is 35.7 Å². The Morgan fingerprint density at radius 3 is 2.70 bits per heavy atom. The Hall–Kier alpha value is -2.17. The summed E-state index contributed by atoms with van der Waals surface area (Å²) in [4.78, 5) is 26.6. The smallest absolute Gasteiger partial charge is 0.328 e. The van der Waals surface area contributed by atoms with Gasteiger partial charge in [-0.05, 0) is 38.0 Å². The van der Waals surface area contributed by atoms with Gasteiger partial charge in [0.2, 0.25) is 0 Å². The van der Waals surface area contributed by atoms with Crippen molar-refractivity contribution >= 4 is 18.0 Å². The normalized spacial score (nSPS) is 11.6. The van der Waals surface area contributed by atoms with Crippen LogP contribution in [0, 0.1) is 0 Å². The number of aliphatic carboxylic acids is 1. The summed E-state index contributed by atoms with van der Waals surface area (Å²) in [7, 11) is 0. The molecule has 0 radical (unpaired) electrons. The van der Waals surface area contributed by atoms with Gasteiger partial charge in [-0.1, -0.05) is 13.3 Å². The van der Waals surface area contributed by atoms with E-state index < -0.39 is 5.97 Å². The van der Waals surface area contributed by atoms with Gasteiger partial charge >= 0.3 is 5.97 Å². The molecule has 108 valence electrons. The Kier molecular flexibility index (Phi) is 5.43. The highest BCUT2D eigenvalue weighted by molar-refractivity contribution is 5.95. The minimum atomic E-state index is -1.04. The van der Waals surface area contributed by atoms with Gasteiger partial charge in [0.15, 0.2) is 0 Å². The Labute approximate surface area is 118 Å². The quantitative estimate of drug-likeness (QED) is 0.782. The molecule has 0 spiro atoms. The molecule has 1 aromatic rings. The molecule has 2 N–H and O–H groups in total. The second-order valence-corrected chi connectivity index (χ2v) is 5.27. The van der Waals surface area contributed by atoms with Crippen molar-refractivity contribution in [2.24, 2.45) is 0 Å². The van der Waals surface area contributed by atoms with E-state index in [0.29, 0.717) is 11.1 Å². The van der Waals surface area contributed by atoms with Gasteiger partial charge in [-0.15, -0.1) is 0 Å². The molecule has 0 fully saturated rings. The molecular weight excluding hydrogens is 256 g/mol. The van der Waals surface area contributed by atoms with Crippen molar-refractivity contribution in [3.63, 3.8) is 0 Å². The fraction of sp³-hybridized carbons (Fsp3) is 0.400. The summed E-state index contributed by atoms with van der Waals surface area (Å²) in [5.41, 5.74) is 0.716. The maximum atomic E-state index is 12.1. The fourth-order valence-electron chi connectivity index (χ4n) is 1.91. The molecule has 0 atom stereocenters. The molecule has 1 amide bonds. The van der Waals surface area contributed by atoms with Crippen molar-refractivity contribution in [1.29, 1.82) is 0 Å². The monoisotopic (exact) mass is 276 g/mol. The standard InChI is InChI=1S/C15H20N2O3/c1-4-7-15(2,3)17-14(20)12-8-11(9-16-10-12)5-6-13(18)19/h5-6,8-10H,4,7H2,1-3H3,(H,17,20)(H,18,19)/b6-5+. The van der Waals surface area contributed by atoms with Gasteiger partial charge < -0.3 is 10.4 Å². The topological polar surface area (TPSA) is 79.3 Å². The maximum Gasteiger partial charge on any atom is 0.328 e. The van der Waals surface area contributed by atoms with Gasteiger partial charge in [0, 0.05) is 24.0 Å². The van der Waals surface area contributed by atoms with Crippen LogP contribution in [0.4, 0.5) is 0 Å². The third-order valence-corrected chi connectivity index (χ3v) is 2.77. The van der Waals surface area contributed by atoms with Crippen molar-refractivity contribution in [1.82, 2.24) is 10.3 Å². The molecule has 1 rings (SSSR count). The van der Waals surface area contributed by atoms with Gasteiger partial charge in [0.25, 0.3) is 5.91 Å². The van der Waals surface area contributed by atoms with E-state index in [0.717, 1.165) is 18.9 Å². The number of carbonyl (C=O) groups is 2. The van der Waals surface area contributed by atoms with Gasteiger partial charge in [-0.3, -0.25) is 9.78 Å². The maximum absolute atomic E-state index is 12.1. The summed E-state index contributed by atoms with van der Waals surface area (Å²) in [6.07, 6.45) is 7.25. The highest BCUT2D eigenvalue weighted by Crippen LogP contribution is 2.13.